The second kappa shape index (κ2) is 3.47. The fourth-order valence-electron chi connectivity index (χ4n) is 1.18. The third kappa shape index (κ3) is 1.62. The number of hydrogen-bond donors (Lipinski definition) is 1. The van der Waals surface area contributed by atoms with Crippen LogP contribution in [-0.2, 0) is 0 Å². The largest absolute Gasteiger partial charge is 0.272 e. The fourth-order valence-corrected chi connectivity index (χ4v) is 2.40. The van der Waals surface area contributed by atoms with Gasteiger partial charge in [0.25, 0.3) is 6.43 Å². The first-order valence-corrected chi connectivity index (χ1v) is 5.04. The fraction of sp³-hybridized carbons (Fsp3) is 0.111. The van der Waals surface area contributed by atoms with Crippen molar-refractivity contribution in [3.05, 3.63) is 28.9 Å². The number of benzene rings is 1. The van der Waals surface area contributed by atoms with Crippen LogP contribution >= 0.6 is 24.0 Å². The summed E-state index contributed by atoms with van der Waals surface area (Å²) in [4.78, 5) is 0.137. The minimum Gasteiger partial charge on any atom is -0.206 e. The van der Waals surface area contributed by atoms with Gasteiger partial charge in [0.2, 0.25) is 0 Å². The van der Waals surface area contributed by atoms with E-state index in [-0.39, 0.29) is 9.77 Å². The monoisotopic (exact) mass is 234 g/mol. The Morgan fingerprint density at radius 2 is 1.93 bits per heavy atom. The smallest absolute Gasteiger partial charge is 0.206 e. The van der Waals surface area contributed by atoms with Crippen molar-refractivity contribution >= 4 is 34.1 Å². The van der Waals surface area contributed by atoms with Crippen LogP contribution in [0.2, 0.25) is 0 Å². The molecule has 74 valence electrons. The van der Waals surface area contributed by atoms with E-state index in [1.54, 1.807) is 0 Å². The van der Waals surface area contributed by atoms with Crippen molar-refractivity contribution in [2.45, 2.75) is 11.3 Å². The number of thiophene rings is 1. The normalized spacial score (nSPS) is 11.5. The van der Waals surface area contributed by atoms with E-state index in [0.29, 0.717) is 10.1 Å². The van der Waals surface area contributed by atoms with Gasteiger partial charge in [-0.1, -0.05) is 0 Å². The summed E-state index contributed by atoms with van der Waals surface area (Å²) >= 11 is 4.84. The molecule has 1 aromatic carbocycles. The van der Waals surface area contributed by atoms with E-state index in [1.807, 2.05) is 0 Å². The van der Waals surface area contributed by atoms with Gasteiger partial charge in [0.05, 0.1) is 4.88 Å². The Bertz CT molecular complexity index is 437. The van der Waals surface area contributed by atoms with Gasteiger partial charge in [-0.2, -0.15) is 0 Å². The highest BCUT2D eigenvalue weighted by Crippen LogP contribution is 2.34. The van der Waals surface area contributed by atoms with Crippen LogP contribution < -0.4 is 0 Å². The molecule has 0 amide bonds. The number of halogens is 3. The minimum absolute atomic E-state index is 0.0432. The van der Waals surface area contributed by atoms with Crippen LogP contribution in [0, 0.1) is 5.82 Å². The summed E-state index contributed by atoms with van der Waals surface area (Å²) in [5.74, 6) is -0.487. The quantitative estimate of drug-likeness (QED) is 0.700. The van der Waals surface area contributed by atoms with E-state index in [1.165, 1.54) is 18.2 Å². The molecular formula is C9H5F3S2. The number of rotatable bonds is 1. The Hall–Kier alpha value is -0.680. The first-order chi connectivity index (χ1) is 6.58. The summed E-state index contributed by atoms with van der Waals surface area (Å²) in [5.41, 5.74) is 0. The molecule has 0 fully saturated rings. The van der Waals surface area contributed by atoms with E-state index in [4.69, 9.17) is 0 Å². The molecule has 0 atom stereocenters. The summed E-state index contributed by atoms with van der Waals surface area (Å²) in [7, 11) is 0. The average molecular weight is 234 g/mol. The topological polar surface area (TPSA) is 0 Å². The zero-order valence-electron chi connectivity index (χ0n) is 6.80. The summed E-state index contributed by atoms with van der Waals surface area (Å²) in [5, 5.41) is 0.501. The molecule has 0 saturated heterocycles. The molecular weight excluding hydrogens is 229 g/mol. The van der Waals surface area contributed by atoms with E-state index in [2.05, 4.69) is 12.6 Å². The van der Waals surface area contributed by atoms with Crippen molar-refractivity contribution in [1.29, 1.82) is 0 Å². The highest BCUT2D eigenvalue weighted by atomic mass is 32.1. The molecule has 0 unspecified atom stereocenters. The van der Waals surface area contributed by atoms with Crippen LogP contribution in [0.25, 0.3) is 10.1 Å². The predicted octanol–water partition coefficient (Wildman–Crippen LogP) is 4.27. The lowest BCUT2D eigenvalue weighted by atomic mass is 10.2. The highest BCUT2D eigenvalue weighted by molar-refractivity contribution is 7.80. The zero-order valence-corrected chi connectivity index (χ0v) is 8.51. The first-order valence-electron chi connectivity index (χ1n) is 3.78. The lowest BCUT2D eigenvalue weighted by Crippen LogP contribution is -1.75. The summed E-state index contributed by atoms with van der Waals surface area (Å²) < 4.78 is 38.2. The zero-order chi connectivity index (χ0) is 10.3. The summed E-state index contributed by atoms with van der Waals surface area (Å²) in [6.45, 7) is 0. The van der Waals surface area contributed by atoms with E-state index in [0.717, 1.165) is 11.3 Å². The van der Waals surface area contributed by atoms with Crippen LogP contribution in [0.4, 0.5) is 13.2 Å². The van der Waals surface area contributed by atoms with Gasteiger partial charge in [-0.3, -0.25) is 0 Å². The SMILES string of the molecule is Fc1cc2cc(C(F)F)sc2cc1S. The Kier molecular flexibility index (Phi) is 2.45. The van der Waals surface area contributed by atoms with Crippen LogP contribution in [0.1, 0.15) is 11.3 Å². The third-order valence-corrected chi connectivity index (χ3v) is 3.27. The molecule has 0 spiro atoms. The average Bonchev–Trinajstić information content (AvgIpc) is 2.48. The molecule has 0 aliphatic rings. The molecule has 0 bridgehead atoms. The molecule has 0 aliphatic heterocycles. The first kappa shape index (κ1) is 9.86. The molecule has 1 heterocycles. The third-order valence-electron chi connectivity index (χ3n) is 1.82. The Morgan fingerprint density at radius 1 is 1.21 bits per heavy atom. The van der Waals surface area contributed by atoms with Crippen molar-refractivity contribution < 1.29 is 13.2 Å². The van der Waals surface area contributed by atoms with Gasteiger partial charge in [-0.05, 0) is 23.6 Å². The van der Waals surface area contributed by atoms with Gasteiger partial charge in [0.15, 0.2) is 0 Å². The number of thiol groups is 1. The molecule has 1 aromatic heterocycles. The molecule has 2 rings (SSSR count). The highest BCUT2D eigenvalue weighted by Gasteiger charge is 2.12. The summed E-state index contributed by atoms with van der Waals surface area (Å²) in [6, 6.07) is 3.99. The van der Waals surface area contributed by atoms with Crippen LogP contribution in [0.3, 0.4) is 0 Å². The molecule has 0 aliphatic carbocycles. The maximum atomic E-state index is 13.0. The molecule has 14 heavy (non-hydrogen) atoms. The summed E-state index contributed by atoms with van der Waals surface area (Å²) in [6.07, 6.45) is -2.50. The maximum Gasteiger partial charge on any atom is 0.272 e. The number of fused-ring (bicyclic) bond motifs is 1. The van der Waals surface area contributed by atoms with Crippen LogP contribution in [-0.4, -0.2) is 0 Å². The molecule has 0 radical (unpaired) electrons. The Morgan fingerprint density at radius 3 is 2.57 bits per heavy atom. The van der Waals surface area contributed by atoms with Crippen molar-refractivity contribution in [3.63, 3.8) is 0 Å². The second-order valence-electron chi connectivity index (χ2n) is 2.79. The molecule has 0 saturated carbocycles. The number of hydrogen-bond acceptors (Lipinski definition) is 2. The lowest BCUT2D eigenvalue weighted by Gasteiger charge is -1.93. The Balaban J connectivity index is 2.66. The van der Waals surface area contributed by atoms with Gasteiger partial charge < -0.3 is 0 Å². The van der Waals surface area contributed by atoms with E-state index < -0.39 is 12.2 Å². The molecule has 2 aromatic rings. The van der Waals surface area contributed by atoms with Crippen molar-refractivity contribution in [2.24, 2.45) is 0 Å². The maximum absolute atomic E-state index is 13.0. The van der Waals surface area contributed by atoms with Crippen LogP contribution in [0.15, 0.2) is 23.1 Å². The van der Waals surface area contributed by atoms with Gasteiger partial charge in [-0.15, -0.1) is 24.0 Å². The lowest BCUT2D eigenvalue weighted by molar-refractivity contribution is 0.156. The standard InChI is InChI=1S/C9H5F3S2/c10-5-1-4-2-8(9(11)12)14-7(4)3-6(5)13/h1-3,9,13H. The van der Waals surface area contributed by atoms with Crippen molar-refractivity contribution in [3.8, 4) is 0 Å². The number of alkyl halides is 2. The predicted molar refractivity (Wildman–Crippen MR) is 54.0 cm³/mol. The molecule has 0 nitrogen and oxygen atoms in total. The van der Waals surface area contributed by atoms with Crippen molar-refractivity contribution in [1.82, 2.24) is 0 Å². The van der Waals surface area contributed by atoms with Gasteiger partial charge >= 0.3 is 0 Å². The second-order valence-corrected chi connectivity index (χ2v) is 4.39. The van der Waals surface area contributed by atoms with Crippen molar-refractivity contribution in [2.75, 3.05) is 0 Å². The Labute approximate surface area is 87.8 Å². The minimum atomic E-state index is -2.50. The van der Waals surface area contributed by atoms with Gasteiger partial charge in [-0.25, -0.2) is 13.2 Å². The molecule has 0 N–H and O–H groups in total. The van der Waals surface area contributed by atoms with E-state index >= 15 is 0 Å². The van der Waals surface area contributed by atoms with Crippen LogP contribution in [0.5, 0.6) is 0 Å². The van der Waals surface area contributed by atoms with Gasteiger partial charge in [0.1, 0.15) is 5.82 Å². The molecule has 5 heteroatoms. The van der Waals surface area contributed by atoms with Gasteiger partial charge in [0, 0.05) is 9.60 Å². The van der Waals surface area contributed by atoms with E-state index in [9.17, 15) is 13.2 Å².